The van der Waals surface area contributed by atoms with Gasteiger partial charge in [0.25, 0.3) is 0 Å². The van der Waals surface area contributed by atoms with Crippen molar-refractivity contribution in [3.63, 3.8) is 0 Å². The Hall–Kier alpha value is -1.49. The molecule has 0 saturated heterocycles. The molecule has 1 rings (SSSR count). The monoisotopic (exact) mass is 250 g/mol. The zero-order valence-electron chi connectivity index (χ0n) is 11.1. The van der Waals surface area contributed by atoms with Crippen LogP contribution in [0.1, 0.15) is 38.8 Å². The van der Waals surface area contributed by atoms with E-state index in [1.54, 1.807) is 12.3 Å². The van der Waals surface area contributed by atoms with Gasteiger partial charge in [0.05, 0.1) is 12.2 Å². The van der Waals surface area contributed by atoms with Gasteiger partial charge in [-0.15, -0.1) is 0 Å². The van der Waals surface area contributed by atoms with Gasteiger partial charge in [0.2, 0.25) is 5.91 Å². The summed E-state index contributed by atoms with van der Waals surface area (Å²) in [6.45, 7) is 4.38. The summed E-state index contributed by atoms with van der Waals surface area (Å²) in [4.78, 5) is 19.7. The van der Waals surface area contributed by atoms with Gasteiger partial charge in [-0.25, -0.2) is 9.97 Å². The van der Waals surface area contributed by atoms with E-state index < -0.39 is 0 Å². The van der Waals surface area contributed by atoms with Crippen LogP contribution in [0.5, 0.6) is 0 Å². The van der Waals surface area contributed by atoms with Gasteiger partial charge in [0, 0.05) is 18.2 Å². The lowest BCUT2D eigenvalue weighted by atomic mass is 10.0. The van der Waals surface area contributed by atoms with Crippen molar-refractivity contribution in [3.05, 3.63) is 24.3 Å². The predicted molar refractivity (Wildman–Crippen MR) is 70.5 cm³/mol. The number of hydrogen-bond donors (Lipinski definition) is 2. The third-order valence-corrected chi connectivity index (χ3v) is 2.83. The van der Waals surface area contributed by atoms with Crippen molar-refractivity contribution in [2.24, 2.45) is 11.7 Å². The van der Waals surface area contributed by atoms with E-state index >= 15 is 0 Å². The van der Waals surface area contributed by atoms with Crippen LogP contribution in [0.3, 0.4) is 0 Å². The summed E-state index contributed by atoms with van der Waals surface area (Å²) >= 11 is 0. The van der Waals surface area contributed by atoms with Crippen LogP contribution < -0.4 is 11.1 Å². The molecule has 1 aromatic heterocycles. The summed E-state index contributed by atoms with van der Waals surface area (Å²) in [6.07, 6.45) is 5.97. The molecule has 100 valence electrons. The molecule has 0 radical (unpaired) electrons. The number of rotatable bonds is 7. The molecule has 0 aliphatic heterocycles. The summed E-state index contributed by atoms with van der Waals surface area (Å²) in [6, 6.07) is 2.00. The van der Waals surface area contributed by atoms with Crippen LogP contribution in [0.4, 0.5) is 0 Å². The first-order valence-electron chi connectivity index (χ1n) is 6.37. The molecule has 2 atom stereocenters. The second-order valence-electron chi connectivity index (χ2n) is 4.73. The van der Waals surface area contributed by atoms with E-state index in [-0.39, 0.29) is 17.9 Å². The van der Waals surface area contributed by atoms with Crippen molar-refractivity contribution in [1.82, 2.24) is 15.3 Å². The second kappa shape index (κ2) is 7.76. The van der Waals surface area contributed by atoms with Gasteiger partial charge in [0.1, 0.15) is 6.33 Å². The molecule has 0 aliphatic rings. The highest BCUT2D eigenvalue weighted by molar-refractivity contribution is 5.78. The maximum Gasteiger partial charge on any atom is 0.223 e. The molecule has 1 amide bonds. The fraction of sp³-hybridized carbons (Fsp3) is 0.615. The van der Waals surface area contributed by atoms with Crippen molar-refractivity contribution >= 4 is 5.91 Å². The molecule has 0 aliphatic carbocycles. The van der Waals surface area contributed by atoms with E-state index in [9.17, 15) is 4.79 Å². The van der Waals surface area contributed by atoms with Gasteiger partial charge >= 0.3 is 0 Å². The highest BCUT2D eigenvalue weighted by Crippen LogP contribution is 2.09. The molecule has 0 bridgehead atoms. The largest absolute Gasteiger partial charge is 0.350 e. The first-order valence-corrected chi connectivity index (χ1v) is 6.37. The maximum absolute atomic E-state index is 11.8. The van der Waals surface area contributed by atoms with Crippen LogP contribution in [0, 0.1) is 5.92 Å². The van der Waals surface area contributed by atoms with Crippen LogP contribution in [0.25, 0.3) is 0 Å². The Morgan fingerprint density at radius 1 is 1.44 bits per heavy atom. The lowest BCUT2D eigenvalue weighted by molar-refractivity contribution is -0.124. The number of carbonyl (C=O) groups excluding carboxylic acids is 1. The first kappa shape index (κ1) is 14.6. The minimum atomic E-state index is 0.0191. The standard InChI is InChI=1S/C13H22N4O/c1-10(4-3-5-11(2)14)13(18)16-8-12-6-7-15-9-17-12/h6-7,9-11H,3-5,8,14H2,1-2H3,(H,16,18). The molecule has 0 fully saturated rings. The SMILES string of the molecule is CC(N)CCCC(C)C(=O)NCc1ccncn1. The average Bonchev–Trinajstić information content (AvgIpc) is 2.36. The minimum Gasteiger partial charge on any atom is -0.350 e. The lowest BCUT2D eigenvalue weighted by Crippen LogP contribution is -2.29. The van der Waals surface area contributed by atoms with Crippen molar-refractivity contribution in [1.29, 1.82) is 0 Å². The number of nitrogens with two attached hydrogens (primary N) is 1. The summed E-state index contributed by atoms with van der Waals surface area (Å²) in [7, 11) is 0. The molecule has 5 nitrogen and oxygen atoms in total. The van der Waals surface area contributed by atoms with Crippen molar-refractivity contribution in [3.8, 4) is 0 Å². The average molecular weight is 250 g/mol. The zero-order valence-corrected chi connectivity index (χ0v) is 11.1. The van der Waals surface area contributed by atoms with E-state index in [0.29, 0.717) is 6.54 Å². The Kier molecular flexibility index (Phi) is 6.28. The molecule has 2 unspecified atom stereocenters. The Morgan fingerprint density at radius 3 is 2.83 bits per heavy atom. The summed E-state index contributed by atoms with van der Waals surface area (Å²) in [5.41, 5.74) is 6.50. The van der Waals surface area contributed by atoms with Crippen LogP contribution in [-0.4, -0.2) is 21.9 Å². The maximum atomic E-state index is 11.8. The van der Waals surface area contributed by atoms with Crippen molar-refractivity contribution in [2.75, 3.05) is 0 Å². The number of aromatic nitrogens is 2. The van der Waals surface area contributed by atoms with Gasteiger partial charge in [-0.05, 0) is 25.8 Å². The Labute approximate surface area is 108 Å². The van der Waals surface area contributed by atoms with E-state index in [4.69, 9.17) is 5.73 Å². The van der Waals surface area contributed by atoms with E-state index in [1.165, 1.54) is 6.33 Å². The molecule has 1 aromatic rings. The van der Waals surface area contributed by atoms with Gasteiger partial charge in [0.15, 0.2) is 0 Å². The van der Waals surface area contributed by atoms with Crippen molar-refractivity contribution in [2.45, 2.75) is 45.7 Å². The van der Waals surface area contributed by atoms with E-state index in [1.807, 2.05) is 13.8 Å². The van der Waals surface area contributed by atoms with Crippen LogP contribution in [-0.2, 0) is 11.3 Å². The third-order valence-electron chi connectivity index (χ3n) is 2.83. The van der Waals surface area contributed by atoms with E-state index in [2.05, 4.69) is 15.3 Å². The fourth-order valence-electron chi connectivity index (χ4n) is 1.65. The Balaban J connectivity index is 2.23. The fourth-order valence-corrected chi connectivity index (χ4v) is 1.65. The van der Waals surface area contributed by atoms with Crippen LogP contribution in [0.15, 0.2) is 18.6 Å². The third kappa shape index (κ3) is 5.72. The summed E-state index contributed by atoms with van der Waals surface area (Å²) in [5, 5.41) is 2.88. The lowest BCUT2D eigenvalue weighted by Gasteiger charge is -2.12. The van der Waals surface area contributed by atoms with Crippen molar-refractivity contribution < 1.29 is 4.79 Å². The topological polar surface area (TPSA) is 80.9 Å². The molecule has 18 heavy (non-hydrogen) atoms. The molecule has 5 heteroatoms. The molecule has 0 aromatic carbocycles. The summed E-state index contributed by atoms with van der Waals surface area (Å²) in [5.74, 6) is 0.0869. The molecule has 3 N–H and O–H groups in total. The highest BCUT2D eigenvalue weighted by Gasteiger charge is 2.12. The van der Waals surface area contributed by atoms with Gasteiger partial charge in [-0.1, -0.05) is 13.3 Å². The minimum absolute atomic E-state index is 0.0191. The number of nitrogens with zero attached hydrogens (tertiary/aromatic N) is 2. The molecule has 0 spiro atoms. The molecular weight excluding hydrogens is 228 g/mol. The molecule has 1 heterocycles. The number of carbonyl (C=O) groups is 1. The smallest absolute Gasteiger partial charge is 0.223 e. The van der Waals surface area contributed by atoms with Gasteiger partial charge in [-0.2, -0.15) is 0 Å². The Bertz CT molecular complexity index is 353. The number of hydrogen-bond acceptors (Lipinski definition) is 4. The van der Waals surface area contributed by atoms with Gasteiger partial charge in [-0.3, -0.25) is 4.79 Å². The number of amides is 1. The zero-order chi connectivity index (χ0) is 13.4. The Morgan fingerprint density at radius 2 is 2.22 bits per heavy atom. The molecular formula is C13H22N4O. The molecule has 0 saturated carbocycles. The predicted octanol–water partition coefficient (Wildman–Crippen LogP) is 1.25. The van der Waals surface area contributed by atoms with Crippen LogP contribution >= 0.6 is 0 Å². The van der Waals surface area contributed by atoms with Crippen LogP contribution in [0.2, 0.25) is 0 Å². The normalized spacial score (nSPS) is 13.9. The highest BCUT2D eigenvalue weighted by atomic mass is 16.1. The quantitative estimate of drug-likeness (QED) is 0.763. The first-order chi connectivity index (χ1) is 8.59. The summed E-state index contributed by atoms with van der Waals surface area (Å²) < 4.78 is 0. The van der Waals surface area contributed by atoms with E-state index in [0.717, 1.165) is 25.0 Å². The number of nitrogens with one attached hydrogen (secondary N) is 1. The van der Waals surface area contributed by atoms with Gasteiger partial charge < -0.3 is 11.1 Å². The second-order valence-corrected chi connectivity index (χ2v) is 4.73.